The van der Waals surface area contributed by atoms with E-state index in [1.54, 1.807) is 0 Å². The molecule has 0 aromatic heterocycles. The molecule has 0 radical (unpaired) electrons. The molecule has 1 saturated heterocycles. The highest BCUT2D eigenvalue weighted by atomic mass is 16.6. The number of nitrogens with zero attached hydrogens (tertiary/aromatic N) is 1. The van der Waals surface area contributed by atoms with Gasteiger partial charge in [-0.05, 0) is 46.1 Å². The summed E-state index contributed by atoms with van der Waals surface area (Å²) in [6.07, 6.45) is 3.24. The molecule has 6 heteroatoms. The highest BCUT2D eigenvalue weighted by Crippen LogP contribution is 2.20. The number of nitrogens with one attached hydrogen (secondary N) is 2. The molecule has 2 atom stereocenters. The van der Waals surface area contributed by atoms with Crippen LogP contribution in [-0.2, 0) is 16.1 Å². The van der Waals surface area contributed by atoms with E-state index < -0.39 is 11.7 Å². The molecule has 0 bridgehead atoms. The summed E-state index contributed by atoms with van der Waals surface area (Å²) in [6, 6.07) is 20.0. The van der Waals surface area contributed by atoms with Gasteiger partial charge in [-0.25, -0.2) is 4.79 Å². The second-order valence-electron chi connectivity index (χ2n) is 9.70. The number of hydrogen-bond acceptors (Lipinski definition) is 4. The number of alkyl carbamates (subject to hydrolysis) is 1. The zero-order valence-electron chi connectivity index (χ0n) is 21.3. The Morgan fingerprint density at radius 1 is 1.03 bits per heavy atom. The molecule has 3 rings (SSSR count). The van der Waals surface area contributed by atoms with Crippen LogP contribution in [0.5, 0.6) is 0 Å². The molecule has 0 saturated carbocycles. The minimum atomic E-state index is -0.525. The number of carbonyl (C=O) groups is 2. The van der Waals surface area contributed by atoms with Gasteiger partial charge in [-0.3, -0.25) is 10.1 Å². The normalized spacial score (nSPS) is 17.7. The van der Waals surface area contributed by atoms with Crippen LogP contribution in [0.4, 0.5) is 4.79 Å². The summed E-state index contributed by atoms with van der Waals surface area (Å²) < 4.78 is 5.24. The van der Waals surface area contributed by atoms with E-state index in [4.69, 9.17) is 4.74 Å². The Kier molecular flexibility index (Phi) is 11.1. The highest BCUT2D eigenvalue weighted by Gasteiger charge is 2.37. The third-order valence-corrected chi connectivity index (χ3v) is 5.42. The number of amides is 2. The lowest BCUT2D eigenvalue weighted by Crippen LogP contribution is -2.38. The number of benzene rings is 2. The largest absolute Gasteiger partial charge is 0.444 e. The minimum absolute atomic E-state index is 0.0455. The molecule has 1 heterocycles. The molecule has 6 nitrogen and oxygen atoms in total. The van der Waals surface area contributed by atoms with Crippen LogP contribution < -0.4 is 10.6 Å². The molecule has 1 aliphatic rings. The van der Waals surface area contributed by atoms with E-state index in [1.165, 1.54) is 5.56 Å². The van der Waals surface area contributed by atoms with Crippen LogP contribution in [0.25, 0.3) is 0 Å². The lowest BCUT2D eigenvalue weighted by Gasteiger charge is -2.24. The number of unbranched alkanes of at least 4 members (excludes halogenated alkanes) is 1. The quantitative estimate of drug-likeness (QED) is 0.544. The van der Waals surface area contributed by atoms with Crippen LogP contribution >= 0.6 is 0 Å². The lowest BCUT2D eigenvalue weighted by molar-refractivity contribution is -0.130. The topological polar surface area (TPSA) is 70.7 Å². The van der Waals surface area contributed by atoms with Crippen molar-refractivity contribution in [2.75, 3.05) is 6.54 Å². The van der Waals surface area contributed by atoms with Crippen LogP contribution in [0.2, 0.25) is 0 Å². The van der Waals surface area contributed by atoms with E-state index in [9.17, 15) is 9.59 Å². The first-order valence-corrected chi connectivity index (χ1v) is 12.3. The second kappa shape index (κ2) is 13.8. The average molecular weight is 468 g/mol. The second-order valence-corrected chi connectivity index (χ2v) is 9.70. The zero-order valence-corrected chi connectivity index (χ0v) is 21.3. The fraction of sp³-hybridized carbons (Fsp3) is 0.500. The first kappa shape index (κ1) is 27.4. The van der Waals surface area contributed by atoms with Gasteiger partial charge in [0.1, 0.15) is 5.60 Å². The van der Waals surface area contributed by atoms with Gasteiger partial charge in [0, 0.05) is 13.1 Å². The van der Waals surface area contributed by atoms with Crippen molar-refractivity contribution in [2.24, 2.45) is 0 Å². The highest BCUT2D eigenvalue weighted by molar-refractivity contribution is 5.84. The van der Waals surface area contributed by atoms with Crippen LogP contribution in [0, 0.1) is 6.92 Å². The van der Waals surface area contributed by atoms with E-state index in [0.717, 1.165) is 24.8 Å². The fourth-order valence-electron chi connectivity index (χ4n) is 3.73. The molecule has 2 amide bonds. The molecule has 34 heavy (non-hydrogen) atoms. The summed E-state index contributed by atoms with van der Waals surface area (Å²) >= 11 is 0. The van der Waals surface area contributed by atoms with Crippen molar-refractivity contribution in [1.29, 1.82) is 0 Å². The van der Waals surface area contributed by atoms with E-state index in [-0.39, 0.29) is 18.1 Å². The fourth-order valence-corrected chi connectivity index (χ4v) is 3.73. The molecule has 1 aliphatic heterocycles. The molecular weight excluding hydrogens is 426 g/mol. The number of rotatable bonds is 8. The van der Waals surface area contributed by atoms with Gasteiger partial charge in [-0.1, -0.05) is 86.0 Å². The van der Waals surface area contributed by atoms with E-state index in [2.05, 4.69) is 36.6 Å². The number of hydrogen-bond donors (Lipinski definition) is 2. The molecule has 0 spiro atoms. The number of aryl methyl sites for hydroxylation is 1. The molecule has 186 valence electrons. The Morgan fingerprint density at radius 2 is 1.65 bits per heavy atom. The first-order chi connectivity index (χ1) is 16.2. The Morgan fingerprint density at radius 3 is 2.18 bits per heavy atom. The summed E-state index contributed by atoms with van der Waals surface area (Å²) in [5, 5.41) is 6.19. The van der Waals surface area contributed by atoms with Gasteiger partial charge in [-0.2, -0.15) is 0 Å². The third-order valence-electron chi connectivity index (χ3n) is 5.42. The van der Waals surface area contributed by atoms with Gasteiger partial charge < -0.3 is 15.0 Å². The smallest absolute Gasteiger partial charge is 0.407 e. The van der Waals surface area contributed by atoms with E-state index in [1.807, 2.05) is 74.2 Å². The van der Waals surface area contributed by atoms with Crippen molar-refractivity contribution < 1.29 is 14.3 Å². The van der Waals surface area contributed by atoms with Crippen molar-refractivity contribution in [3.8, 4) is 0 Å². The van der Waals surface area contributed by atoms with Crippen LogP contribution in [0.3, 0.4) is 0 Å². The maximum absolute atomic E-state index is 12.9. The van der Waals surface area contributed by atoms with Crippen molar-refractivity contribution in [2.45, 2.75) is 84.7 Å². The summed E-state index contributed by atoms with van der Waals surface area (Å²) in [4.78, 5) is 26.6. The van der Waals surface area contributed by atoms with Crippen molar-refractivity contribution in [3.05, 3.63) is 71.8 Å². The third kappa shape index (κ3) is 9.96. The van der Waals surface area contributed by atoms with Crippen molar-refractivity contribution in [1.82, 2.24) is 15.5 Å². The lowest BCUT2D eigenvalue weighted by atomic mass is 10.1. The van der Waals surface area contributed by atoms with Crippen LogP contribution in [0.1, 0.15) is 64.5 Å². The van der Waals surface area contributed by atoms with E-state index in [0.29, 0.717) is 19.5 Å². The van der Waals surface area contributed by atoms with E-state index >= 15 is 0 Å². The zero-order chi connectivity index (χ0) is 25.0. The summed E-state index contributed by atoms with van der Waals surface area (Å²) in [5.74, 6) is 0.103. The molecular formula is C28H41N3O3. The maximum atomic E-state index is 12.9. The van der Waals surface area contributed by atoms with Gasteiger partial charge in [0.25, 0.3) is 0 Å². The monoisotopic (exact) mass is 467 g/mol. The van der Waals surface area contributed by atoms with Crippen molar-refractivity contribution in [3.63, 3.8) is 0 Å². The number of ether oxygens (including phenoxy) is 1. The molecule has 1 fully saturated rings. The van der Waals surface area contributed by atoms with Gasteiger partial charge in [0.05, 0.1) is 12.2 Å². The van der Waals surface area contributed by atoms with Gasteiger partial charge in [0.2, 0.25) is 5.91 Å². The molecule has 1 unspecified atom stereocenters. The van der Waals surface area contributed by atoms with Gasteiger partial charge in [-0.15, -0.1) is 0 Å². The predicted molar refractivity (Wildman–Crippen MR) is 137 cm³/mol. The standard InChI is InChI=1S/C21H33N3O3.C7H8/c1-5-6-12-18-23-17(13-14-22-20(26)27-21(2,3)4)19(25)24(18)15-16-10-8-7-9-11-16;1-7-5-3-2-4-6-7/h7-11,17-18,23H,5-6,12-15H2,1-4H3,(H,22,26);2-6H,1H3/t17-,18?;/m0./s1. The predicted octanol–water partition coefficient (Wildman–Crippen LogP) is 5.41. The Balaban J connectivity index is 0.000000497. The van der Waals surface area contributed by atoms with Crippen LogP contribution in [0.15, 0.2) is 60.7 Å². The Hall–Kier alpha value is -2.86. The first-order valence-electron chi connectivity index (χ1n) is 12.3. The Bertz CT molecular complexity index is 865. The SMILES string of the molecule is CCCCC1N[C@@H](CCNC(=O)OC(C)(C)C)C(=O)N1Cc1ccccc1.Cc1ccccc1. The van der Waals surface area contributed by atoms with Gasteiger partial charge >= 0.3 is 6.09 Å². The molecule has 2 aromatic rings. The maximum Gasteiger partial charge on any atom is 0.407 e. The van der Waals surface area contributed by atoms with Crippen LogP contribution in [-0.4, -0.2) is 41.3 Å². The molecule has 2 N–H and O–H groups in total. The number of carbonyl (C=O) groups excluding carboxylic acids is 2. The molecule has 2 aromatic carbocycles. The van der Waals surface area contributed by atoms with Crippen molar-refractivity contribution >= 4 is 12.0 Å². The summed E-state index contributed by atoms with van der Waals surface area (Å²) in [7, 11) is 0. The average Bonchev–Trinajstić information content (AvgIpc) is 3.07. The Labute approximate surface area is 205 Å². The summed E-state index contributed by atoms with van der Waals surface area (Å²) in [6.45, 7) is 10.7. The minimum Gasteiger partial charge on any atom is -0.444 e. The van der Waals surface area contributed by atoms with Gasteiger partial charge in [0.15, 0.2) is 0 Å². The summed E-state index contributed by atoms with van der Waals surface area (Å²) in [5.41, 5.74) is 1.92. The molecule has 0 aliphatic carbocycles.